The average Bonchev–Trinajstić information content (AvgIpc) is 2.41. The SMILES string of the molecule is [N-]=[N+]=NCOC(=O)Cc1ccc(CON=NN)cc1. The van der Waals surface area contributed by atoms with E-state index in [1.807, 2.05) is 0 Å². The second kappa shape index (κ2) is 8.31. The van der Waals surface area contributed by atoms with Crippen LogP contribution >= 0.6 is 0 Å². The highest BCUT2D eigenvalue weighted by Crippen LogP contribution is 2.07. The third-order valence-corrected chi connectivity index (χ3v) is 2.05. The van der Waals surface area contributed by atoms with Gasteiger partial charge in [0.25, 0.3) is 0 Å². The lowest BCUT2D eigenvalue weighted by Gasteiger charge is -2.03. The van der Waals surface area contributed by atoms with Crippen LogP contribution in [0.4, 0.5) is 0 Å². The standard InChI is InChI=1S/C10H12N6O3/c11-14-13-7-18-10(17)5-8-1-3-9(4-2-8)6-19-16-15-12/h1-4H,5-7H2,(H2,12,16). The van der Waals surface area contributed by atoms with E-state index >= 15 is 0 Å². The van der Waals surface area contributed by atoms with E-state index in [2.05, 4.69) is 25.3 Å². The van der Waals surface area contributed by atoms with Crippen molar-refractivity contribution in [1.82, 2.24) is 0 Å². The first-order chi connectivity index (χ1) is 9.26. The van der Waals surface area contributed by atoms with Crippen LogP contribution in [0.25, 0.3) is 10.4 Å². The fourth-order valence-corrected chi connectivity index (χ4v) is 1.23. The van der Waals surface area contributed by atoms with E-state index in [1.54, 1.807) is 24.3 Å². The van der Waals surface area contributed by atoms with Gasteiger partial charge in [-0.15, -0.1) is 0 Å². The van der Waals surface area contributed by atoms with Crippen LogP contribution in [-0.4, -0.2) is 12.7 Å². The highest BCUT2D eigenvalue weighted by Gasteiger charge is 2.04. The number of carbonyl (C=O) groups excluding carboxylic acids is 1. The van der Waals surface area contributed by atoms with Crippen LogP contribution in [-0.2, 0) is 27.4 Å². The van der Waals surface area contributed by atoms with Gasteiger partial charge >= 0.3 is 5.97 Å². The molecule has 0 saturated heterocycles. The molecule has 9 nitrogen and oxygen atoms in total. The Hall–Kier alpha value is -2.80. The Kier molecular flexibility index (Phi) is 6.24. The van der Waals surface area contributed by atoms with Gasteiger partial charge in [-0.05, 0) is 21.9 Å². The number of ether oxygens (including phenoxy) is 1. The van der Waals surface area contributed by atoms with Crippen molar-refractivity contribution in [2.75, 3.05) is 6.73 Å². The topological polar surface area (TPSA) is 135 Å². The maximum Gasteiger partial charge on any atom is 0.310 e. The van der Waals surface area contributed by atoms with Crippen LogP contribution in [0.1, 0.15) is 11.1 Å². The molecule has 1 aromatic rings. The number of carbonyl (C=O) groups is 1. The van der Waals surface area contributed by atoms with E-state index in [1.165, 1.54) is 0 Å². The van der Waals surface area contributed by atoms with Gasteiger partial charge in [-0.25, -0.2) is 0 Å². The van der Waals surface area contributed by atoms with Crippen molar-refractivity contribution in [3.63, 3.8) is 0 Å². The molecular weight excluding hydrogens is 252 g/mol. The Labute approximate surface area is 108 Å². The van der Waals surface area contributed by atoms with E-state index in [9.17, 15) is 4.79 Å². The summed E-state index contributed by atoms with van der Waals surface area (Å²) in [6.45, 7) is -0.0618. The molecule has 19 heavy (non-hydrogen) atoms. The van der Waals surface area contributed by atoms with E-state index in [0.717, 1.165) is 11.1 Å². The summed E-state index contributed by atoms with van der Waals surface area (Å²) >= 11 is 0. The summed E-state index contributed by atoms with van der Waals surface area (Å²) in [4.78, 5) is 18.5. The number of nitrogens with two attached hydrogens (primary N) is 1. The summed E-state index contributed by atoms with van der Waals surface area (Å²) in [5.74, 6) is 4.31. The third kappa shape index (κ3) is 5.89. The third-order valence-electron chi connectivity index (χ3n) is 2.05. The molecule has 1 rings (SSSR count). The monoisotopic (exact) mass is 264 g/mol. The number of nitrogens with zero attached hydrogens (tertiary/aromatic N) is 5. The summed E-state index contributed by atoms with van der Waals surface area (Å²) in [5.41, 5.74) is 9.65. The van der Waals surface area contributed by atoms with E-state index < -0.39 is 5.97 Å². The molecule has 9 heteroatoms. The van der Waals surface area contributed by atoms with Gasteiger partial charge in [0.2, 0.25) is 0 Å². The minimum absolute atomic E-state index is 0.102. The lowest BCUT2D eigenvalue weighted by Crippen LogP contribution is -2.07. The first-order valence-electron chi connectivity index (χ1n) is 5.22. The van der Waals surface area contributed by atoms with E-state index in [0.29, 0.717) is 0 Å². The Balaban J connectivity index is 2.42. The number of esters is 1. The number of azide groups is 1. The highest BCUT2D eigenvalue weighted by atomic mass is 16.6. The Bertz CT molecular complexity index is 481. The van der Waals surface area contributed by atoms with Crippen LogP contribution in [0.3, 0.4) is 0 Å². The van der Waals surface area contributed by atoms with Crippen molar-refractivity contribution >= 4 is 5.97 Å². The van der Waals surface area contributed by atoms with Gasteiger partial charge in [0.15, 0.2) is 6.73 Å². The predicted molar refractivity (Wildman–Crippen MR) is 64.1 cm³/mol. The number of hydrogen-bond acceptors (Lipinski definition) is 6. The fraction of sp³-hybridized carbons (Fsp3) is 0.300. The summed E-state index contributed by atoms with van der Waals surface area (Å²) in [6, 6.07) is 7.07. The molecule has 0 heterocycles. The molecule has 0 atom stereocenters. The molecule has 0 aliphatic heterocycles. The highest BCUT2D eigenvalue weighted by molar-refractivity contribution is 5.72. The van der Waals surface area contributed by atoms with E-state index in [4.69, 9.17) is 16.2 Å². The van der Waals surface area contributed by atoms with Crippen molar-refractivity contribution < 1.29 is 14.4 Å². The van der Waals surface area contributed by atoms with Gasteiger partial charge in [-0.3, -0.25) is 4.79 Å². The molecule has 0 saturated carbocycles. The second-order valence-electron chi connectivity index (χ2n) is 3.34. The first kappa shape index (κ1) is 14.3. The lowest BCUT2D eigenvalue weighted by atomic mass is 10.1. The Morgan fingerprint density at radius 2 is 2.00 bits per heavy atom. The molecule has 0 aliphatic carbocycles. The molecule has 0 radical (unpaired) electrons. The van der Waals surface area contributed by atoms with Crippen molar-refractivity contribution in [1.29, 1.82) is 0 Å². The molecule has 100 valence electrons. The number of rotatable bonds is 7. The van der Waals surface area contributed by atoms with Crippen molar-refractivity contribution in [2.45, 2.75) is 13.0 Å². The minimum atomic E-state index is -0.465. The molecule has 0 aromatic heterocycles. The fourth-order valence-electron chi connectivity index (χ4n) is 1.23. The second-order valence-corrected chi connectivity index (χ2v) is 3.34. The van der Waals surface area contributed by atoms with Gasteiger partial charge in [0.1, 0.15) is 6.61 Å². The van der Waals surface area contributed by atoms with Gasteiger partial charge in [0, 0.05) is 10.2 Å². The zero-order valence-corrected chi connectivity index (χ0v) is 9.97. The maximum atomic E-state index is 11.3. The molecule has 0 unspecified atom stereocenters. The lowest BCUT2D eigenvalue weighted by molar-refractivity contribution is -0.142. The molecule has 0 bridgehead atoms. The predicted octanol–water partition coefficient (Wildman–Crippen LogP) is 1.80. The number of benzene rings is 1. The first-order valence-corrected chi connectivity index (χ1v) is 5.22. The summed E-state index contributed by atoms with van der Waals surface area (Å²) in [6.07, 6.45) is 0.102. The van der Waals surface area contributed by atoms with Crippen LogP contribution in [0.5, 0.6) is 0 Å². The Morgan fingerprint density at radius 3 is 2.63 bits per heavy atom. The smallest absolute Gasteiger partial charge is 0.310 e. The molecule has 0 fully saturated rings. The van der Waals surface area contributed by atoms with Crippen molar-refractivity contribution in [3.8, 4) is 0 Å². The normalized spacial score (nSPS) is 9.89. The molecule has 0 aliphatic rings. The van der Waals surface area contributed by atoms with Crippen LogP contribution in [0.15, 0.2) is 39.9 Å². The zero-order chi connectivity index (χ0) is 13.9. The van der Waals surface area contributed by atoms with Gasteiger partial charge in [0.05, 0.1) is 6.42 Å². The molecule has 0 amide bonds. The molecule has 0 spiro atoms. The van der Waals surface area contributed by atoms with Crippen molar-refractivity contribution in [2.24, 2.45) is 21.5 Å². The van der Waals surface area contributed by atoms with E-state index in [-0.39, 0.29) is 19.8 Å². The quantitative estimate of drug-likeness (QED) is 0.200. The van der Waals surface area contributed by atoms with Gasteiger partial charge in [-0.2, -0.15) is 0 Å². The van der Waals surface area contributed by atoms with Crippen LogP contribution < -0.4 is 5.84 Å². The average molecular weight is 264 g/mol. The molecule has 2 N–H and O–H groups in total. The molecule has 1 aromatic carbocycles. The molecular formula is C10H12N6O3. The van der Waals surface area contributed by atoms with Gasteiger partial charge in [-0.1, -0.05) is 29.4 Å². The largest absolute Gasteiger partial charge is 0.459 e. The van der Waals surface area contributed by atoms with Gasteiger partial charge < -0.3 is 15.4 Å². The Morgan fingerprint density at radius 1 is 1.32 bits per heavy atom. The zero-order valence-electron chi connectivity index (χ0n) is 9.97. The maximum absolute atomic E-state index is 11.3. The summed E-state index contributed by atoms with van der Waals surface area (Å²) in [7, 11) is 0. The minimum Gasteiger partial charge on any atom is -0.459 e. The van der Waals surface area contributed by atoms with Crippen LogP contribution in [0.2, 0.25) is 0 Å². The number of hydrogen-bond donors (Lipinski definition) is 1. The summed E-state index contributed by atoms with van der Waals surface area (Å²) < 4.78 is 4.67. The summed E-state index contributed by atoms with van der Waals surface area (Å²) in [5, 5.41) is 9.22. The van der Waals surface area contributed by atoms with Crippen molar-refractivity contribution in [3.05, 3.63) is 45.8 Å². The van der Waals surface area contributed by atoms with Crippen LogP contribution in [0, 0.1) is 0 Å².